The van der Waals surface area contributed by atoms with Crippen LogP contribution in [0.1, 0.15) is 25.3 Å². The molecule has 7 nitrogen and oxygen atoms in total. The Labute approximate surface area is 199 Å². The molecule has 1 amide bonds. The van der Waals surface area contributed by atoms with Gasteiger partial charge in [-0.3, -0.25) is 4.79 Å². The first-order chi connectivity index (χ1) is 15.8. The van der Waals surface area contributed by atoms with Crippen LogP contribution in [0.15, 0.2) is 59.5 Å². The van der Waals surface area contributed by atoms with Gasteiger partial charge in [-0.25, -0.2) is 12.8 Å². The van der Waals surface area contributed by atoms with Crippen LogP contribution in [0.5, 0.6) is 0 Å². The third kappa shape index (κ3) is 6.96. The number of hydrogen-bond donors (Lipinski definition) is 3. The van der Waals surface area contributed by atoms with Gasteiger partial charge in [0, 0.05) is 26.2 Å². The van der Waals surface area contributed by atoms with E-state index in [-0.39, 0.29) is 23.2 Å². The second-order valence-corrected chi connectivity index (χ2v) is 10.0. The van der Waals surface area contributed by atoms with Gasteiger partial charge in [0.25, 0.3) is 0 Å². The van der Waals surface area contributed by atoms with Crippen molar-refractivity contribution >= 4 is 33.3 Å². The Balaban J connectivity index is 1.73. The summed E-state index contributed by atoms with van der Waals surface area (Å²) < 4.78 is 41.8. The summed E-state index contributed by atoms with van der Waals surface area (Å²) in [6.45, 7) is 4.13. The number of hydrogen-bond acceptors (Lipinski definition) is 4. The molecule has 3 N–H and O–H groups in total. The highest BCUT2D eigenvalue weighted by atomic mass is 32.2. The van der Waals surface area contributed by atoms with Crippen LogP contribution in [0.3, 0.4) is 0 Å². The molecular weight excluding hydrogens is 463 g/mol. The molecular formula is C23H29FN4O3S2. The molecule has 1 atom stereocenters. The Bertz CT molecular complexity index is 1040. The quantitative estimate of drug-likeness (QED) is 0.491. The maximum Gasteiger partial charge on any atom is 0.241 e. The van der Waals surface area contributed by atoms with E-state index in [1.165, 1.54) is 24.3 Å². The van der Waals surface area contributed by atoms with Crippen LogP contribution in [0.25, 0.3) is 0 Å². The first-order valence-corrected chi connectivity index (χ1v) is 12.8. The Morgan fingerprint density at radius 2 is 1.73 bits per heavy atom. The van der Waals surface area contributed by atoms with E-state index in [1.54, 1.807) is 30.3 Å². The Morgan fingerprint density at radius 1 is 1.09 bits per heavy atom. The lowest BCUT2D eigenvalue weighted by molar-refractivity contribution is -0.124. The number of nitrogens with zero attached hydrogens (tertiary/aromatic N) is 1. The summed E-state index contributed by atoms with van der Waals surface area (Å²) in [6.07, 6.45) is 1.22. The molecule has 0 unspecified atom stereocenters. The second-order valence-electron chi connectivity index (χ2n) is 7.92. The number of likely N-dealkylation sites (tertiary alicyclic amines) is 1. The van der Waals surface area contributed by atoms with Crippen molar-refractivity contribution in [1.82, 2.24) is 20.3 Å². The smallest absolute Gasteiger partial charge is 0.241 e. The zero-order chi connectivity index (χ0) is 23.8. The summed E-state index contributed by atoms with van der Waals surface area (Å²) in [7, 11) is -3.89. The predicted octanol–water partition coefficient (Wildman–Crippen LogP) is 2.40. The Kier molecular flexibility index (Phi) is 8.76. The van der Waals surface area contributed by atoms with E-state index in [0.29, 0.717) is 31.0 Å². The van der Waals surface area contributed by atoms with Crippen molar-refractivity contribution in [3.63, 3.8) is 0 Å². The summed E-state index contributed by atoms with van der Waals surface area (Å²) in [6, 6.07) is 12.9. The highest BCUT2D eigenvalue weighted by Gasteiger charge is 2.35. The number of thiocarbonyl (C=S) groups is 1. The minimum Gasteiger partial charge on any atom is -0.363 e. The zero-order valence-corrected chi connectivity index (χ0v) is 20.1. The first kappa shape index (κ1) is 25.1. The molecule has 0 saturated carbocycles. The fourth-order valence-corrected chi connectivity index (χ4v) is 5.41. The third-order valence-electron chi connectivity index (χ3n) is 5.62. The maximum absolute atomic E-state index is 13.2. The summed E-state index contributed by atoms with van der Waals surface area (Å²) >= 11 is 5.38. The fraction of sp³-hybridized carbons (Fsp3) is 0.391. The van der Waals surface area contributed by atoms with Crippen LogP contribution in [0.4, 0.5) is 4.39 Å². The molecule has 1 aliphatic heterocycles. The van der Waals surface area contributed by atoms with Crippen molar-refractivity contribution in [2.24, 2.45) is 5.92 Å². The SMILES string of the molecule is CCNC(=S)N1CCC([C@@H](NS(=O)(=O)c2ccccc2)C(=O)NCc2ccc(F)cc2)CC1. The normalized spacial score (nSPS) is 15.6. The van der Waals surface area contributed by atoms with E-state index in [0.717, 1.165) is 12.1 Å². The lowest BCUT2D eigenvalue weighted by atomic mass is 9.89. The van der Waals surface area contributed by atoms with Gasteiger partial charge < -0.3 is 15.5 Å². The number of nitrogens with one attached hydrogen (secondary N) is 3. The maximum atomic E-state index is 13.2. The molecule has 0 bridgehead atoms. The molecule has 178 valence electrons. The molecule has 0 spiro atoms. The molecule has 0 aromatic heterocycles. The van der Waals surface area contributed by atoms with Crippen molar-refractivity contribution in [3.05, 3.63) is 66.0 Å². The first-order valence-electron chi connectivity index (χ1n) is 10.9. The van der Waals surface area contributed by atoms with Gasteiger partial charge in [0.1, 0.15) is 11.9 Å². The van der Waals surface area contributed by atoms with E-state index < -0.39 is 22.0 Å². The van der Waals surface area contributed by atoms with Crippen LogP contribution < -0.4 is 15.4 Å². The van der Waals surface area contributed by atoms with E-state index in [4.69, 9.17) is 12.2 Å². The zero-order valence-electron chi connectivity index (χ0n) is 18.5. The summed E-state index contributed by atoms with van der Waals surface area (Å²) in [4.78, 5) is 15.3. The average Bonchev–Trinajstić information content (AvgIpc) is 2.83. The monoisotopic (exact) mass is 492 g/mol. The summed E-state index contributed by atoms with van der Waals surface area (Å²) in [5, 5.41) is 6.59. The lowest BCUT2D eigenvalue weighted by Crippen LogP contribution is -2.54. The number of carbonyl (C=O) groups excluding carboxylic acids is 1. The minimum absolute atomic E-state index is 0.104. The van der Waals surface area contributed by atoms with E-state index in [9.17, 15) is 17.6 Å². The number of halogens is 1. The van der Waals surface area contributed by atoms with Gasteiger partial charge in [-0.1, -0.05) is 30.3 Å². The molecule has 3 rings (SSSR count). The molecule has 0 aliphatic carbocycles. The minimum atomic E-state index is -3.89. The lowest BCUT2D eigenvalue weighted by Gasteiger charge is -2.36. The third-order valence-corrected chi connectivity index (χ3v) is 7.48. The van der Waals surface area contributed by atoms with E-state index in [1.807, 2.05) is 11.8 Å². The summed E-state index contributed by atoms with van der Waals surface area (Å²) in [5.41, 5.74) is 0.722. The van der Waals surface area contributed by atoms with Gasteiger partial charge in [0.2, 0.25) is 15.9 Å². The van der Waals surface area contributed by atoms with Crippen LogP contribution in [0, 0.1) is 11.7 Å². The van der Waals surface area contributed by atoms with Crippen molar-refractivity contribution < 1.29 is 17.6 Å². The fourth-order valence-electron chi connectivity index (χ4n) is 3.80. The van der Waals surface area contributed by atoms with E-state index in [2.05, 4.69) is 15.4 Å². The van der Waals surface area contributed by atoms with Crippen LogP contribution in [-0.2, 0) is 21.4 Å². The standard InChI is InChI=1S/C23H29FN4O3S2/c1-2-25-23(32)28-14-12-18(13-15-28)21(27-33(30,31)20-6-4-3-5-7-20)22(29)26-16-17-8-10-19(24)11-9-17/h3-11,18,21,27H,2,12-16H2,1H3,(H,25,32)(H,26,29)/t21-/m1/s1. The number of carbonyl (C=O) groups is 1. The average molecular weight is 493 g/mol. The van der Waals surface area contributed by atoms with Gasteiger partial charge in [0.05, 0.1) is 4.90 Å². The van der Waals surface area contributed by atoms with E-state index >= 15 is 0 Å². The molecule has 1 saturated heterocycles. The molecule has 33 heavy (non-hydrogen) atoms. The van der Waals surface area contributed by atoms with Crippen molar-refractivity contribution in [1.29, 1.82) is 0 Å². The van der Waals surface area contributed by atoms with Crippen LogP contribution in [-0.4, -0.2) is 50.0 Å². The second kappa shape index (κ2) is 11.5. The number of benzene rings is 2. The topological polar surface area (TPSA) is 90.5 Å². The van der Waals surface area contributed by atoms with Crippen LogP contribution >= 0.6 is 12.2 Å². The van der Waals surface area contributed by atoms with Gasteiger partial charge in [-0.2, -0.15) is 4.72 Å². The molecule has 2 aromatic carbocycles. The molecule has 2 aromatic rings. The highest BCUT2D eigenvalue weighted by molar-refractivity contribution is 7.89. The number of rotatable bonds is 8. The molecule has 0 radical (unpaired) electrons. The van der Waals surface area contributed by atoms with Gasteiger partial charge in [0.15, 0.2) is 5.11 Å². The van der Waals surface area contributed by atoms with Gasteiger partial charge in [-0.05, 0) is 67.7 Å². The molecule has 1 heterocycles. The molecule has 1 aliphatic rings. The van der Waals surface area contributed by atoms with Crippen LogP contribution in [0.2, 0.25) is 0 Å². The number of sulfonamides is 1. The predicted molar refractivity (Wildman–Crippen MR) is 129 cm³/mol. The Hall–Kier alpha value is -2.56. The van der Waals surface area contributed by atoms with Crippen molar-refractivity contribution in [2.45, 2.75) is 37.2 Å². The largest absolute Gasteiger partial charge is 0.363 e. The number of amides is 1. The van der Waals surface area contributed by atoms with Gasteiger partial charge >= 0.3 is 0 Å². The Morgan fingerprint density at radius 3 is 2.33 bits per heavy atom. The molecule has 10 heteroatoms. The van der Waals surface area contributed by atoms with Gasteiger partial charge in [-0.15, -0.1) is 0 Å². The highest BCUT2D eigenvalue weighted by Crippen LogP contribution is 2.23. The van der Waals surface area contributed by atoms with Crippen molar-refractivity contribution in [3.8, 4) is 0 Å². The number of piperidine rings is 1. The van der Waals surface area contributed by atoms with Crippen molar-refractivity contribution in [2.75, 3.05) is 19.6 Å². The summed E-state index contributed by atoms with van der Waals surface area (Å²) in [5.74, 6) is -0.968. The molecule has 1 fully saturated rings.